The summed E-state index contributed by atoms with van der Waals surface area (Å²) in [7, 11) is 0. The molecule has 0 spiro atoms. The molecule has 33 heavy (non-hydrogen) atoms. The Morgan fingerprint density at radius 1 is 1.12 bits per heavy atom. The Labute approximate surface area is 194 Å². The van der Waals surface area contributed by atoms with Gasteiger partial charge in [0.1, 0.15) is 0 Å². The molecule has 0 saturated heterocycles. The van der Waals surface area contributed by atoms with Gasteiger partial charge in [0, 0.05) is 29.2 Å². The third kappa shape index (κ3) is 4.35. The molecular formula is C27H34N4O2. The molecule has 2 fully saturated rings. The molecule has 2 N–H and O–H groups in total. The monoisotopic (exact) mass is 446 g/mol. The molecule has 6 nitrogen and oxygen atoms in total. The lowest BCUT2D eigenvalue weighted by molar-refractivity contribution is 0.0952. The Morgan fingerprint density at radius 2 is 1.88 bits per heavy atom. The fraction of sp³-hybridized carbons (Fsp3) is 0.519. The fourth-order valence-electron chi connectivity index (χ4n) is 5.38. The normalized spacial score (nSPS) is 17.1. The molecule has 5 rings (SSSR count). The number of amides is 1. The maximum absolute atomic E-state index is 13.4. The number of carbonyl (C=O) groups excluding carboxylic acids is 1. The predicted octanol–water partition coefficient (Wildman–Crippen LogP) is 5.47. The van der Waals surface area contributed by atoms with Crippen molar-refractivity contribution in [1.29, 1.82) is 0 Å². The number of aromatic amines is 1. The van der Waals surface area contributed by atoms with E-state index in [4.69, 9.17) is 0 Å². The van der Waals surface area contributed by atoms with Crippen LogP contribution in [0.15, 0.2) is 29.2 Å². The molecule has 3 aromatic rings. The van der Waals surface area contributed by atoms with Gasteiger partial charge in [-0.1, -0.05) is 19.3 Å². The second kappa shape index (κ2) is 8.81. The summed E-state index contributed by atoms with van der Waals surface area (Å²) in [6, 6.07) is 6.56. The highest BCUT2D eigenvalue weighted by Gasteiger charge is 2.27. The van der Waals surface area contributed by atoms with E-state index >= 15 is 0 Å². The molecule has 0 atom stereocenters. The van der Waals surface area contributed by atoms with Gasteiger partial charge in [0.2, 0.25) is 0 Å². The third-order valence-electron chi connectivity index (χ3n) is 7.30. The molecule has 0 bridgehead atoms. The van der Waals surface area contributed by atoms with E-state index < -0.39 is 0 Å². The van der Waals surface area contributed by atoms with Gasteiger partial charge in [0.05, 0.1) is 17.3 Å². The zero-order chi connectivity index (χ0) is 23.1. The van der Waals surface area contributed by atoms with Crippen molar-refractivity contribution in [3.8, 4) is 0 Å². The van der Waals surface area contributed by atoms with E-state index in [2.05, 4.69) is 41.4 Å². The summed E-state index contributed by atoms with van der Waals surface area (Å²) in [6.45, 7) is 6.38. The van der Waals surface area contributed by atoms with Crippen LogP contribution in [-0.4, -0.2) is 20.7 Å². The third-order valence-corrected chi connectivity index (χ3v) is 7.30. The molecule has 1 amide bonds. The summed E-state index contributed by atoms with van der Waals surface area (Å²) in [5.74, 6) is 0.801. The number of fused-ring (bicyclic) bond motifs is 1. The number of H-pyrrole nitrogens is 1. The van der Waals surface area contributed by atoms with Crippen LogP contribution in [0.1, 0.15) is 109 Å². The molecule has 6 heteroatoms. The van der Waals surface area contributed by atoms with Crippen molar-refractivity contribution in [2.24, 2.45) is 0 Å². The first-order valence-electron chi connectivity index (χ1n) is 12.4. The van der Waals surface area contributed by atoms with Gasteiger partial charge in [0.15, 0.2) is 0 Å². The number of rotatable bonds is 6. The Balaban J connectivity index is 1.46. The number of aryl methyl sites for hydroxylation is 1. The van der Waals surface area contributed by atoms with Gasteiger partial charge in [-0.25, -0.2) is 0 Å². The van der Waals surface area contributed by atoms with E-state index in [1.165, 1.54) is 37.7 Å². The highest BCUT2D eigenvalue weighted by Crippen LogP contribution is 2.42. The smallest absolute Gasteiger partial charge is 0.253 e. The topological polar surface area (TPSA) is 79.8 Å². The Hall–Kier alpha value is -2.89. The number of benzene rings is 1. The molecule has 2 aliphatic carbocycles. The number of nitrogens with one attached hydrogen (secondary N) is 2. The van der Waals surface area contributed by atoms with Crippen LogP contribution in [0.5, 0.6) is 0 Å². The highest BCUT2D eigenvalue weighted by atomic mass is 16.1. The summed E-state index contributed by atoms with van der Waals surface area (Å²) in [4.78, 5) is 29.2. The average molecular weight is 447 g/mol. The number of pyridine rings is 1. The molecule has 2 heterocycles. The Kier molecular flexibility index (Phi) is 5.85. The van der Waals surface area contributed by atoms with Gasteiger partial charge in [-0.3, -0.25) is 14.3 Å². The molecular weight excluding hydrogens is 412 g/mol. The Bertz CT molecular complexity index is 1240. The number of hydrogen-bond donors (Lipinski definition) is 2. The fourth-order valence-corrected chi connectivity index (χ4v) is 5.38. The lowest BCUT2D eigenvalue weighted by Crippen LogP contribution is -2.29. The quantitative estimate of drug-likeness (QED) is 0.527. The average Bonchev–Trinajstić information content (AvgIpc) is 3.56. The van der Waals surface area contributed by atoms with Crippen LogP contribution in [0.4, 0.5) is 0 Å². The van der Waals surface area contributed by atoms with Crippen molar-refractivity contribution in [1.82, 2.24) is 20.1 Å². The van der Waals surface area contributed by atoms with Gasteiger partial charge in [0.25, 0.3) is 11.5 Å². The number of hydrogen-bond acceptors (Lipinski definition) is 3. The number of aromatic nitrogens is 3. The zero-order valence-corrected chi connectivity index (χ0v) is 19.9. The van der Waals surface area contributed by atoms with E-state index in [0.29, 0.717) is 23.0 Å². The van der Waals surface area contributed by atoms with Crippen molar-refractivity contribution in [3.05, 3.63) is 62.7 Å². The van der Waals surface area contributed by atoms with Crippen molar-refractivity contribution in [3.63, 3.8) is 0 Å². The van der Waals surface area contributed by atoms with E-state index in [1.807, 2.05) is 17.7 Å². The largest absolute Gasteiger partial charge is 0.348 e. The maximum atomic E-state index is 13.4. The molecule has 2 aromatic heterocycles. The summed E-state index contributed by atoms with van der Waals surface area (Å²) in [6.07, 6.45) is 10.0. The van der Waals surface area contributed by atoms with Gasteiger partial charge in [-0.05, 0) is 87.6 Å². The van der Waals surface area contributed by atoms with Crippen LogP contribution >= 0.6 is 0 Å². The van der Waals surface area contributed by atoms with Crippen LogP contribution in [0.25, 0.3) is 10.9 Å². The van der Waals surface area contributed by atoms with Crippen molar-refractivity contribution in [2.75, 3.05) is 0 Å². The van der Waals surface area contributed by atoms with E-state index in [9.17, 15) is 9.59 Å². The van der Waals surface area contributed by atoms with Crippen LogP contribution in [0.3, 0.4) is 0 Å². The van der Waals surface area contributed by atoms with Gasteiger partial charge < -0.3 is 10.3 Å². The van der Waals surface area contributed by atoms with E-state index in [1.54, 1.807) is 6.20 Å². The first-order chi connectivity index (χ1) is 15.9. The minimum atomic E-state index is -0.139. The summed E-state index contributed by atoms with van der Waals surface area (Å²) in [5.41, 5.74) is 5.50. The van der Waals surface area contributed by atoms with Crippen LogP contribution in [0, 0.1) is 6.92 Å². The molecule has 2 aliphatic rings. The Morgan fingerprint density at radius 3 is 2.58 bits per heavy atom. The molecule has 0 radical (unpaired) electrons. The van der Waals surface area contributed by atoms with E-state index in [-0.39, 0.29) is 24.1 Å². The lowest BCUT2D eigenvalue weighted by atomic mass is 9.82. The van der Waals surface area contributed by atoms with Gasteiger partial charge >= 0.3 is 0 Å². The number of carbonyl (C=O) groups is 1. The van der Waals surface area contributed by atoms with Crippen molar-refractivity contribution < 1.29 is 4.79 Å². The number of nitrogens with zero attached hydrogens (tertiary/aromatic N) is 2. The maximum Gasteiger partial charge on any atom is 0.253 e. The van der Waals surface area contributed by atoms with Gasteiger partial charge in [-0.15, -0.1) is 0 Å². The molecule has 0 aliphatic heterocycles. The first kappa shape index (κ1) is 21.9. The highest BCUT2D eigenvalue weighted by molar-refractivity contribution is 6.06. The molecule has 2 saturated carbocycles. The van der Waals surface area contributed by atoms with Crippen LogP contribution < -0.4 is 10.9 Å². The van der Waals surface area contributed by atoms with Crippen molar-refractivity contribution >= 4 is 16.8 Å². The lowest BCUT2D eigenvalue weighted by Gasteiger charge is -2.24. The van der Waals surface area contributed by atoms with E-state index in [0.717, 1.165) is 35.0 Å². The predicted molar refractivity (Wildman–Crippen MR) is 131 cm³/mol. The SMILES string of the molecule is Cc1cc(C2CCCCC2)c(CNC(=O)c2cc(C3CC3)cc3c2cnn3C(C)C)c(=O)[nH]1. The second-order valence-corrected chi connectivity index (χ2v) is 10.2. The standard InChI is InChI=1S/C27H34N4O2/c1-16(2)31-25-13-20(18-9-10-18)12-22(23(25)15-29-31)26(32)28-14-24-21(11-17(3)30-27(24)33)19-7-5-4-6-8-19/h11-13,15-16,18-19H,4-10,14H2,1-3H3,(H,28,32)(H,30,33). The molecule has 0 unspecified atom stereocenters. The minimum Gasteiger partial charge on any atom is -0.348 e. The molecule has 1 aromatic carbocycles. The molecule has 174 valence electrons. The zero-order valence-electron chi connectivity index (χ0n) is 19.9. The minimum absolute atomic E-state index is 0.0830. The summed E-state index contributed by atoms with van der Waals surface area (Å²) < 4.78 is 1.99. The first-order valence-corrected chi connectivity index (χ1v) is 12.4. The van der Waals surface area contributed by atoms with Gasteiger partial charge in [-0.2, -0.15) is 5.10 Å². The second-order valence-electron chi connectivity index (χ2n) is 10.2. The van der Waals surface area contributed by atoms with Crippen LogP contribution in [-0.2, 0) is 6.54 Å². The summed E-state index contributed by atoms with van der Waals surface area (Å²) >= 11 is 0. The van der Waals surface area contributed by atoms with Crippen molar-refractivity contribution in [2.45, 2.75) is 90.1 Å². The van der Waals surface area contributed by atoms with Crippen LogP contribution in [0.2, 0.25) is 0 Å². The summed E-state index contributed by atoms with van der Waals surface area (Å²) in [5, 5.41) is 8.51.